The monoisotopic (exact) mass is 387 g/mol. The van der Waals surface area contributed by atoms with Crippen molar-refractivity contribution >= 4 is 11.9 Å². The van der Waals surface area contributed by atoms with Gasteiger partial charge in [-0.15, -0.1) is 0 Å². The molecule has 0 aliphatic carbocycles. The van der Waals surface area contributed by atoms with Crippen LogP contribution in [0.4, 0.5) is 0 Å². The number of carbonyl (C=O) groups is 2. The second kappa shape index (κ2) is 10.6. The summed E-state index contributed by atoms with van der Waals surface area (Å²) in [5.41, 5.74) is 1.38. The van der Waals surface area contributed by atoms with Gasteiger partial charge in [0.2, 0.25) is 5.91 Å². The minimum Gasteiger partial charge on any atom is -0.466 e. The van der Waals surface area contributed by atoms with Gasteiger partial charge in [0.25, 0.3) is 0 Å². The molecule has 2 fully saturated rings. The van der Waals surface area contributed by atoms with Crippen molar-refractivity contribution < 1.29 is 14.3 Å². The van der Waals surface area contributed by atoms with E-state index in [9.17, 15) is 9.59 Å². The van der Waals surface area contributed by atoms with E-state index in [-0.39, 0.29) is 17.8 Å². The fourth-order valence-corrected chi connectivity index (χ4v) is 4.02. The summed E-state index contributed by atoms with van der Waals surface area (Å²) >= 11 is 0. The molecule has 6 heteroatoms. The number of amides is 1. The quantitative estimate of drug-likeness (QED) is 0.666. The molecule has 0 N–H and O–H groups in total. The molecule has 0 unspecified atom stereocenters. The van der Waals surface area contributed by atoms with E-state index in [0.717, 1.165) is 52.0 Å². The van der Waals surface area contributed by atoms with Crippen LogP contribution in [-0.2, 0) is 20.7 Å². The molecule has 3 rings (SSSR count). The van der Waals surface area contributed by atoms with Gasteiger partial charge in [-0.3, -0.25) is 14.5 Å². The number of rotatable bonds is 7. The molecule has 0 saturated carbocycles. The Bertz CT molecular complexity index is 621. The normalized spacial score (nSPS) is 19.5. The number of nitrogens with zero attached hydrogens (tertiary/aromatic N) is 3. The number of ether oxygens (including phenoxy) is 1. The average Bonchev–Trinajstić information content (AvgIpc) is 2.74. The third-order valence-corrected chi connectivity index (χ3v) is 5.85. The predicted molar refractivity (Wildman–Crippen MR) is 109 cm³/mol. The number of piperidine rings is 1. The molecular weight excluding hydrogens is 354 g/mol. The fourth-order valence-electron chi connectivity index (χ4n) is 4.02. The number of hydrogen-bond donors (Lipinski definition) is 0. The molecular formula is C22H33N3O3. The molecule has 0 atom stereocenters. The first kappa shape index (κ1) is 20.8. The highest BCUT2D eigenvalue weighted by Crippen LogP contribution is 2.19. The van der Waals surface area contributed by atoms with E-state index >= 15 is 0 Å². The van der Waals surface area contributed by atoms with E-state index in [1.165, 1.54) is 5.56 Å². The van der Waals surface area contributed by atoms with Crippen molar-refractivity contribution in [3.63, 3.8) is 0 Å². The standard InChI is InChI=1S/C22H33N3O3/c1-2-28-22(27)20-9-12-25(13-10-20)21(26)18-24-16-14-23(15-17-24)11-8-19-6-4-3-5-7-19/h3-7,20H,2,8-18H2,1H3. The van der Waals surface area contributed by atoms with Crippen LogP contribution in [0.15, 0.2) is 30.3 Å². The summed E-state index contributed by atoms with van der Waals surface area (Å²) in [5.74, 6) is 0.0402. The number of likely N-dealkylation sites (tertiary alicyclic amines) is 1. The van der Waals surface area contributed by atoms with Crippen molar-refractivity contribution in [2.24, 2.45) is 5.92 Å². The Morgan fingerprint density at radius 2 is 1.61 bits per heavy atom. The van der Waals surface area contributed by atoms with E-state index in [2.05, 4.69) is 40.1 Å². The number of esters is 1. The zero-order valence-corrected chi connectivity index (χ0v) is 17.0. The van der Waals surface area contributed by atoms with Crippen molar-refractivity contribution in [2.75, 3.05) is 59.0 Å². The van der Waals surface area contributed by atoms with E-state index in [0.29, 0.717) is 26.2 Å². The lowest BCUT2D eigenvalue weighted by Crippen LogP contribution is -2.51. The van der Waals surface area contributed by atoms with Gasteiger partial charge in [-0.25, -0.2) is 0 Å². The zero-order chi connectivity index (χ0) is 19.8. The minimum atomic E-state index is -0.110. The van der Waals surface area contributed by atoms with Gasteiger partial charge in [0.15, 0.2) is 0 Å². The maximum atomic E-state index is 12.6. The first-order chi connectivity index (χ1) is 13.7. The van der Waals surface area contributed by atoms with Crippen LogP contribution in [0.3, 0.4) is 0 Å². The molecule has 2 saturated heterocycles. The molecule has 2 aliphatic heterocycles. The smallest absolute Gasteiger partial charge is 0.309 e. The van der Waals surface area contributed by atoms with Crippen molar-refractivity contribution in [1.29, 1.82) is 0 Å². The molecule has 28 heavy (non-hydrogen) atoms. The minimum absolute atomic E-state index is 0.0443. The van der Waals surface area contributed by atoms with Crippen LogP contribution in [0.25, 0.3) is 0 Å². The molecule has 0 radical (unpaired) electrons. The Morgan fingerprint density at radius 1 is 0.964 bits per heavy atom. The van der Waals surface area contributed by atoms with Crippen LogP contribution in [0.2, 0.25) is 0 Å². The second-order valence-corrected chi connectivity index (χ2v) is 7.76. The zero-order valence-electron chi connectivity index (χ0n) is 17.0. The molecule has 1 aromatic carbocycles. The van der Waals surface area contributed by atoms with Crippen LogP contribution in [0.5, 0.6) is 0 Å². The molecule has 154 valence electrons. The largest absolute Gasteiger partial charge is 0.466 e. The van der Waals surface area contributed by atoms with Gasteiger partial charge in [0.1, 0.15) is 0 Å². The average molecular weight is 388 g/mol. The summed E-state index contributed by atoms with van der Waals surface area (Å²) in [5, 5.41) is 0. The Hall–Kier alpha value is -1.92. The molecule has 2 heterocycles. The van der Waals surface area contributed by atoms with Crippen molar-refractivity contribution in [1.82, 2.24) is 14.7 Å². The van der Waals surface area contributed by atoms with Crippen molar-refractivity contribution in [3.05, 3.63) is 35.9 Å². The van der Waals surface area contributed by atoms with E-state index in [1.807, 2.05) is 11.8 Å². The Labute approximate surface area is 168 Å². The highest BCUT2D eigenvalue weighted by molar-refractivity contribution is 5.79. The van der Waals surface area contributed by atoms with E-state index in [4.69, 9.17) is 4.74 Å². The number of benzene rings is 1. The Morgan fingerprint density at radius 3 is 2.25 bits per heavy atom. The van der Waals surface area contributed by atoms with Crippen molar-refractivity contribution in [3.8, 4) is 0 Å². The third-order valence-electron chi connectivity index (χ3n) is 5.85. The van der Waals surface area contributed by atoms with E-state index < -0.39 is 0 Å². The van der Waals surface area contributed by atoms with Gasteiger partial charge in [-0.2, -0.15) is 0 Å². The molecule has 0 aromatic heterocycles. The van der Waals surface area contributed by atoms with Crippen molar-refractivity contribution in [2.45, 2.75) is 26.2 Å². The van der Waals surface area contributed by atoms with Gasteiger partial charge in [-0.1, -0.05) is 30.3 Å². The summed E-state index contributed by atoms with van der Waals surface area (Å²) < 4.78 is 5.10. The summed E-state index contributed by atoms with van der Waals surface area (Å²) in [6.45, 7) is 9.09. The number of piperazine rings is 1. The van der Waals surface area contributed by atoms with Crippen LogP contribution in [-0.4, -0.2) is 85.5 Å². The summed E-state index contributed by atoms with van der Waals surface area (Å²) in [6.07, 6.45) is 2.52. The highest BCUT2D eigenvalue weighted by atomic mass is 16.5. The Balaban J connectivity index is 1.33. The highest BCUT2D eigenvalue weighted by Gasteiger charge is 2.29. The molecule has 2 aliphatic rings. The second-order valence-electron chi connectivity index (χ2n) is 7.76. The topological polar surface area (TPSA) is 53.1 Å². The lowest BCUT2D eigenvalue weighted by Gasteiger charge is -2.36. The molecule has 1 aromatic rings. The lowest BCUT2D eigenvalue weighted by atomic mass is 9.97. The molecule has 6 nitrogen and oxygen atoms in total. The third kappa shape index (κ3) is 6.04. The maximum absolute atomic E-state index is 12.6. The van der Waals surface area contributed by atoms with Gasteiger partial charge in [-0.05, 0) is 31.7 Å². The Kier molecular flexibility index (Phi) is 7.86. The van der Waals surface area contributed by atoms with Crippen LogP contribution < -0.4 is 0 Å². The molecule has 0 bridgehead atoms. The van der Waals surface area contributed by atoms with Crippen LogP contribution in [0.1, 0.15) is 25.3 Å². The lowest BCUT2D eigenvalue weighted by molar-refractivity contribution is -0.151. The van der Waals surface area contributed by atoms with E-state index in [1.54, 1.807) is 0 Å². The fraction of sp³-hybridized carbons (Fsp3) is 0.636. The van der Waals surface area contributed by atoms with Gasteiger partial charge >= 0.3 is 5.97 Å². The molecule has 0 spiro atoms. The van der Waals surface area contributed by atoms with Crippen LogP contribution in [0, 0.1) is 5.92 Å². The summed E-state index contributed by atoms with van der Waals surface area (Å²) in [4.78, 5) is 31.1. The first-order valence-electron chi connectivity index (χ1n) is 10.6. The SMILES string of the molecule is CCOC(=O)C1CCN(C(=O)CN2CCN(CCc3ccccc3)CC2)CC1. The molecule has 1 amide bonds. The van der Waals surface area contributed by atoms with Gasteiger partial charge in [0, 0.05) is 45.8 Å². The summed E-state index contributed by atoms with van der Waals surface area (Å²) in [6, 6.07) is 10.6. The summed E-state index contributed by atoms with van der Waals surface area (Å²) in [7, 11) is 0. The van der Waals surface area contributed by atoms with Gasteiger partial charge in [0.05, 0.1) is 19.1 Å². The van der Waals surface area contributed by atoms with Gasteiger partial charge < -0.3 is 14.5 Å². The maximum Gasteiger partial charge on any atom is 0.309 e. The first-order valence-corrected chi connectivity index (χ1v) is 10.6. The number of hydrogen-bond acceptors (Lipinski definition) is 5. The predicted octanol–water partition coefficient (Wildman–Crippen LogP) is 1.65. The number of carbonyl (C=O) groups excluding carboxylic acids is 2. The van der Waals surface area contributed by atoms with Crippen LogP contribution >= 0.6 is 0 Å².